The number of hydrogen-bond donors (Lipinski definition) is 0. The molecule has 0 aliphatic rings. The standard InChI is InChI=1S/C15H15Cl2N3O3/c1-4-10-13(23-3)15(22)20(7-8(2)21)14(18-10)9-5-11(16)19-12(17)6-9/h5-6H,4,7H2,1-3H3. The number of aromatic nitrogens is 3. The van der Waals surface area contributed by atoms with Gasteiger partial charge in [-0.2, -0.15) is 0 Å². The lowest BCUT2D eigenvalue weighted by molar-refractivity contribution is -0.117. The van der Waals surface area contributed by atoms with Crippen LogP contribution in [0.15, 0.2) is 16.9 Å². The highest BCUT2D eigenvalue weighted by Crippen LogP contribution is 2.25. The summed E-state index contributed by atoms with van der Waals surface area (Å²) >= 11 is 11.9. The lowest BCUT2D eigenvalue weighted by Crippen LogP contribution is -2.28. The highest BCUT2D eigenvalue weighted by Gasteiger charge is 2.19. The second-order valence-electron chi connectivity index (χ2n) is 4.86. The van der Waals surface area contributed by atoms with Gasteiger partial charge in [0.05, 0.1) is 19.3 Å². The minimum absolute atomic E-state index is 0.126. The van der Waals surface area contributed by atoms with Crippen LogP contribution in [-0.4, -0.2) is 27.4 Å². The van der Waals surface area contributed by atoms with Gasteiger partial charge in [-0.3, -0.25) is 14.2 Å². The van der Waals surface area contributed by atoms with Gasteiger partial charge in [0.25, 0.3) is 5.56 Å². The number of ketones is 1. The minimum atomic E-state index is -0.423. The molecule has 2 rings (SSSR count). The molecule has 0 bridgehead atoms. The Bertz CT molecular complexity index is 798. The first-order valence-electron chi connectivity index (χ1n) is 6.88. The Morgan fingerprint density at radius 2 is 1.87 bits per heavy atom. The van der Waals surface area contributed by atoms with E-state index < -0.39 is 5.56 Å². The van der Waals surface area contributed by atoms with Crippen LogP contribution in [0.2, 0.25) is 10.3 Å². The topological polar surface area (TPSA) is 74.1 Å². The molecule has 0 amide bonds. The number of methoxy groups -OCH3 is 1. The summed E-state index contributed by atoms with van der Waals surface area (Å²) in [5, 5.41) is 0.343. The lowest BCUT2D eigenvalue weighted by atomic mass is 10.2. The van der Waals surface area contributed by atoms with Crippen molar-refractivity contribution in [2.75, 3.05) is 7.11 Å². The maximum absolute atomic E-state index is 12.6. The van der Waals surface area contributed by atoms with Gasteiger partial charge in [-0.1, -0.05) is 30.1 Å². The van der Waals surface area contributed by atoms with Crippen LogP contribution >= 0.6 is 23.2 Å². The first-order chi connectivity index (χ1) is 10.9. The average Bonchev–Trinajstić information content (AvgIpc) is 2.47. The van der Waals surface area contributed by atoms with Crippen LogP contribution in [0.3, 0.4) is 0 Å². The van der Waals surface area contributed by atoms with E-state index in [-0.39, 0.29) is 28.4 Å². The fraction of sp³-hybridized carbons (Fsp3) is 0.333. The van der Waals surface area contributed by atoms with E-state index in [1.54, 1.807) is 0 Å². The predicted molar refractivity (Wildman–Crippen MR) is 88.4 cm³/mol. The molecule has 0 aliphatic heterocycles. The maximum atomic E-state index is 12.6. The summed E-state index contributed by atoms with van der Waals surface area (Å²) in [7, 11) is 1.40. The third kappa shape index (κ3) is 3.71. The van der Waals surface area contributed by atoms with Gasteiger partial charge in [-0.25, -0.2) is 9.97 Å². The van der Waals surface area contributed by atoms with E-state index in [4.69, 9.17) is 27.9 Å². The quantitative estimate of drug-likeness (QED) is 0.771. The van der Waals surface area contributed by atoms with E-state index in [1.807, 2.05) is 6.92 Å². The molecule has 2 aromatic rings. The van der Waals surface area contributed by atoms with Gasteiger partial charge in [-0.15, -0.1) is 0 Å². The molecular formula is C15H15Cl2N3O3. The maximum Gasteiger partial charge on any atom is 0.296 e. The lowest BCUT2D eigenvalue weighted by Gasteiger charge is -2.15. The van der Waals surface area contributed by atoms with Gasteiger partial charge in [0.15, 0.2) is 0 Å². The fourth-order valence-electron chi connectivity index (χ4n) is 2.21. The third-order valence-electron chi connectivity index (χ3n) is 3.14. The number of carbonyl (C=O) groups is 1. The third-order valence-corrected chi connectivity index (χ3v) is 3.53. The van der Waals surface area contributed by atoms with Gasteiger partial charge in [0.1, 0.15) is 21.9 Å². The smallest absolute Gasteiger partial charge is 0.296 e. The molecule has 0 N–H and O–H groups in total. The van der Waals surface area contributed by atoms with E-state index in [1.165, 1.54) is 30.7 Å². The van der Waals surface area contributed by atoms with Crippen molar-refractivity contribution >= 4 is 29.0 Å². The van der Waals surface area contributed by atoms with E-state index >= 15 is 0 Å². The summed E-state index contributed by atoms with van der Waals surface area (Å²) in [5.74, 6) is 0.241. The van der Waals surface area contributed by atoms with E-state index in [2.05, 4.69) is 9.97 Å². The van der Waals surface area contributed by atoms with Crippen LogP contribution in [0.25, 0.3) is 11.4 Å². The number of ether oxygens (including phenoxy) is 1. The Labute approximate surface area is 143 Å². The Morgan fingerprint density at radius 3 is 2.35 bits per heavy atom. The molecule has 0 saturated carbocycles. The van der Waals surface area contributed by atoms with Crippen LogP contribution in [0, 0.1) is 0 Å². The Kier molecular flexibility index (Phi) is 5.38. The zero-order chi connectivity index (χ0) is 17.1. The molecule has 2 aromatic heterocycles. The summed E-state index contributed by atoms with van der Waals surface area (Å²) in [5.41, 5.74) is 0.579. The Morgan fingerprint density at radius 1 is 1.26 bits per heavy atom. The summed E-state index contributed by atoms with van der Waals surface area (Å²) in [6.07, 6.45) is 0.499. The van der Waals surface area contributed by atoms with E-state index in [9.17, 15) is 9.59 Å². The van der Waals surface area contributed by atoms with E-state index in [0.717, 1.165) is 0 Å². The minimum Gasteiger partial charge on any atom is -0.490 e. The van der Waals surface area contributed by atoms with Crippen molar-refractivity contribution in [3.8, 4) is 17.1 Å². The number of pyridine rings is 1. The van der Waals surface area contributed by atoms with Crippen molar-refractivity contribution in [2.45, 2.75) is 26.8 Å². The number of rotatable bonds is 5. The van der Waals surface area contributed by atoms with Gasteiger partial charge in [0.2, 0.25) is 5.75 Å². The average molecular weight is 356 g/mol. The summed E-state index contributed by atoms with van der Waals surface area (Å²) in [6.45, 7) is 3.12. The van der Waals surface area contributed by atoms with Gasteiger partial charge in [0, 0.05) is 5.56 Å². The van der Waals surface area contributed by atoms with Crippen LogP contribution < -0.4 is 10.3 Å². The SMILES string of the molecule is CCc1nc(-c2cc(Cl)nc(Cl)c2)n(CC(C)=O)c(=O)c1OC. The molecule has 0 atom stereocenters. The zero-order valence-corrected chi connectivity index (χ0v) is 14.4. The van der Waals surface area contributed by atoms with Crippen LogP contribution in [0.1, 0.15) is 19.5 Å². The predicted octanol–water partition coefficient (Wildman–Crippen LogP) is 2.77. The Balaban J connectivity index is 2.81. The van der Waals surface area contributed by atoms with Crippen LogP contribution in [-0.2, 0) is 17.8 Å². The molecule has 0 aliphatic carbocycles. The second-order valence-corrected chi connectivity index (χ2v) is 5.64. The first kappa shape index (κ1) is 17.4. The van der Waals surface area contributed by atoms with Crippen LogP contribution in [0.5, 0.6) is 5.75 Å². The van der Waals surface area contributed by atoms with E-state index in [0.29, 0.717) is 23.5 Å². The monoisotopic (exact) mass is 355 g/mol. The number of carbonyl (C=O) groups excluding carboxylic acids is 1. The summed E-state index contributed by atoms with van der Waals surface area (Å²) in [6, 6.07) is 3.08. The normalized spacial score (nSPS) is 10.7. The largest absolute Gasteiger partial charge is 0.490 e. The molecule has 8 heteroatoms. The molecule has 6 nitrogen and oxygen atoms in total. The molecular weight excluding hydrogens is 341 g/mol. The fourth-order valence-corrected chi connectivity index (χ4v) is 2.67. The molecule has 23 heavy (non-hydrogen) atoms. The van der Waals surface area contributed by atoms with Gasteiger partial charge < -0.3 is 4.74 Å². The Hall–Kier alpha value is -1.92. The molecule has 0 saturated heterocycles. The summed E-state index contributed by atoms with van der Waals surface area (Å²) < 4.78 is 6.41. The number of aryl methyl sites for hydroxylation is 1. The summed E-state index contributed by atoms with van der Waals surface area (Å²) in [4.78, 5) is 32.5. The highest BCUT2D eigenvalue weighted by molar-refractivity contribution is 6.32. The van der Waals surface area contributed by atoms with Crippen molar-refractivity contribution < 1.29 is 9.53 Å². The van der Waals surface area contributed by atoms with Crippen LogP contribution in [0.4, 0.5) is 0 Å². The van der Waals surface area contributed by atoms with Gasteiger partial charge >= 0.3 is 0 Å². The van der Waals surface area contributed by atoms with Crippen molar-refractivity contribution in [3.05, 3.63) is 38.5 Å². The molecule has 2 heterocycles. The number of Topliss-reactive ketones (excluding diaryl/α,β-unsaturated/α-hetero) is 1. The number of nitrogens with zero attached hydrogens (tertiary/aromatic N) is 3. The van der Waals surface area contributed by atoms with Crippen molar-refractivity contribution in [2.24, 2.45) is 0 Å². The molecule has 0 spiro atoms. The molecule has 0 aromatic carbocycles. The number of halogens is 2. The first-order valence-corrected chi connectivity index (χ1v) is 7.63. The molecule has 0 radical (unpaired) electrons. The molecule has 122 valence electrons. The van der Waals surface area contributed by atoms with Crippen molar-refractivity contribution in [1.29, 1.82) is 0 Å². The zero-order valence-electron chi connectivity index (χ0n) is 12.9. The van der Waals surface area contributed by atoms with Crippen molar-refractivity contribution in [1.82, 2.24) is 14.5 Å². The number of hydrogen-bond acceptors (Lipinski definition) is 5. The second kappa shape index (κ2) is 7.10. The molecule has 0 fully saturated rings. The van der Waals surface area contributed by atoms with Crippen molar-refractivity contribution in [3.63, 3.8) is 0 Å². The molecule has 0 unspecified atom stereocenters. The highest BCUT2D eigenvalue weighted by atomic mass is 35.5. The van der Waals surface area contributed by atoms with Gasteiger partial charge in [-0.05, 0) is 25.5 Å².